The van der Waals surface area contributed by atoms with Gasteiger partial charge in [-0.25, -0.2) is 0 Å². The first kappa shape index (κ1) is 15.2. The molecule has 0 radical (unpaired) electrons. The summed E-state index contributed by atoms with van der Waals surface area (Å²) in [6.07, 6.45) is 0.860. The molecule has 0 bridgehead atoms. The summed E-state index contributed by atoms with van der Waals surface area (Å²) >= 11 is 0. The second-order valence-electron chi connectivity index (χ2n) is 5.61. The maximum atomic E-state index is 11.1. The van der Waals surface area contributed by atoms with Crippen LogP contribution in [-0.4, -0.2) is 27.6 Å². The highest BCUT2D eigenvalue weighted by Crippen LogP contribution is 2.34. The number of nitrogens with zero attached hydrogens (tertiary/aromatic N) is 1. The molecule has 1 fully saturated rings. The first-order chi connectivity index (χ1) is 9.73. The summed E-state index contributed by atoms with van der Waals surface area (Å²) in [6.45, 7) is 3.37. The zero-order valence-electron chi connectivity index (χ0n) is 12.0. The third kappa shape index (κ3) is 2.97. The Labute approximate surface area is 121 Å². The summed E-state index contributed by atoms with van der Waals surface area (Å²) < 4.78 is 5.80. The number of carboxylic acids is 1. The van der Waals surface area contributed by atoms with Crippen LogP contribution in [0.5, 0.6) is 5.75 Å². The zero-order chi connectivity index (χ0) is 15.8. The van der Waals surface area contributed by atoms with E-state index in [9.17, 15) is 14.9 Å². The molecule has 0 aromatic heterocycles. The molecule has 7 nitrogen and oxygen atoms in total. The number of carbonyl (C=O) groups is 1. The number of rotatable bonds is 4. The molecule has 1 aliphatic rings. The topological polar surface area (TPSA) is 116 Å². The molecule has 3 N–H and O–H groups in total. The van der Waals surface area contributed by atoms with Crippen LogP contribution in [0, 0.1) is 24.0 Å². The number of nitrogens with two attached hydrogens (primary N) is 1. The molecule has 1 aromatic carbocycles. The predicted octanol–water partition coefficient (Wildman–Crippen LogP) is 1.93. The SMILES string of the molecule is Cc1cc([N+](=O)[O-])c(C)cc1OC1CCC(N)(C(=O)O)C1. The Kier molecular flexibility index (Phi) is 3.87. The Morgan fingerprint density at radius 2 is 2.14 bits per heavy atom. The molecule has 0 amide bonds. The molecule has 21 heavy (non-hydrogen) atoms. The average Bonchev–Trinajstić information content (AvgIpc) is 2.76. The van der Waals surface area contributed by atoms with Gasteiger partial charge in [0.2, 0.25) is 0 Å². The monoisotopic (exact) mass is 294 g/mol. The summed E-state index contributed by atoms with van der Waals surface area (Å²) in [5.41, 5.74) is 5.77. The van der Waals surface area contributed by atoms with E-state index >= 15 is 0 Å². The molecular weight excluding hydrogens is 276 g/mol. The molecule has 114 valence electrons. The van der Waals surface area contributed by atoms with Gasteiger partial charge in [-0.1, -0.05) is 0 Å². The van der Waals surface area contributed by atoms with Gasteiger partial charge < -0.3 is 15.6 Å². The fraction of sp³-hybridized carbons (Fsp3) is 0.500. The number of aliphatic carboxylic acids is 1. The lowest BCUT2D eigenvalue weighted by Gasteiger charge is -2.19. The maximum Gasteiger partial charge on any atom is 0.323 e. The molecule has 2 rings (SSSR count). The molecule has 2 unspecified atom stereocenters. The highest BCUT2D eigenvalue weighted by molar-refractivity contribution is 5.79. The molecule has 0 spiro atoms. The fourth-order valence-electron chi connectivity index (χ4n) is 2.60. The molecule has 0 aliphatic heterocycles. The molecule has 1 aromatic rings. The summed E-state index contributed by atoms with van der Waals surface area (Å²) in [7, 11) is 0. The Hall–Kier alpha value is -2.15. The second-order valence-corrected chi connectivity index (χ2v) is 5.61. The quantitative estimate of drug-likeness (QED) is 0.647. The van der Waals surface area contributed by atoms with Crippen molar-refractivity contribution in [2.24, 2.45) is 5.73 Å². The van der Waals surface area contributed by atoms with E-state index in [0.717, 1.165) is 0 Å². The van der Waals surface area contributed by atoms with Crippen molar-refractivity contribution >= 4 is 11.7 Å². The van der Waals surface area contributed by atoms with E-state index in [1.54, 1.807) is 19.9 Å². The van der Waals surface area contributed by atoms with Crippen LogP contribution in [0.25, 0.3) is 0 Å². The van der Waals surface area contributed by atoms with E-state index in [1.807, 2.05) is 0 Å². The summed E-state index contributed by atoms with van der Waals surface area (Å²) in [6, 6.07) is 3.08. The van der Waals surface area contributed by atoms with Crippen molar-refractivity contribution in [2.45, 2.75) is 44.8 Å². The number of nitro groups is 1. The Balaban J connectivity index is 2.17. The van der Waals surface area contributed by atoms with Crippen molar-refractivity contribution < 1.29 is 19.6 Å². The minimum atomic E-state index is -1.24. The average molecular weight is 294 g/mol. The Morgan fingerprint density at radius 1 is 1.48 bits per heavy atom. The van der Waals surface area contributed by atoms with Crippen LogP contribution in [0.2, 0.25) is 0 Å². The van der Waals surface area contributed by atoms with Gasteiger partial charge in [0.15, 0.2) is 0 Å². The van der Waals surface area contributed by atoms with Gasteiger partial charge in [-0.15, -0.1) is 0 Å². The van der Waals surface area contributed by atoms with Gasteiger partial charge in [-0.2, -0.15) is 0 Å². The van der Waals surface area contributed by atoms with E-state index in [0.29, 0.717) is 29.7 Å². The van der Waals surface area contributed by atoms with Crippen LogP contribution < -0.4 is 10.5 Å². The molecular formula is C14H18N2O5. The van der Waals surface area contributed by atoms with Gasteiger partial charge in [-0.3, -0.25) is 14.9 Å². The van der Waals surface area contributed by atoms with Crippen molar-refractivity contribution in [3.8, 4) is 5.75 Å². The standard InChI is InChI=1S/C14H18N2O5/c1-8-6-12(9(2)5-11(8)16(19)20)21-10-3-4-14(15,7-10)13(17)18/h5-6,10H,3-4,7,15H2,1-2H3,(H,17,18). The zero-order valence-corrected chi connectivity index (χ0v) is 12.0. The minimum absolute atomic E-state index is 0.0463. The van der Waals surface area contributed by atoms with Gasteiger partial charge >= 0.3 is 5.97 Å². The molecule has 1 aliphatic carbocycles. The summed E-state index contributed by atoms with van der Waals surface area (Å²) in [4.78, 5) is 21.5. The van der Waals surface area contributed by atoms with E-state index in [4.69, 9.17) is 15.6 Å². The summed E-state index contributed by atoms with van der Waals surface area (Å²) in [5, 5.41) is 20.0. The van der Waals surface area contributed by atoms with Crippen LogP contribution in [-0.2, 0) is 4.79 Å². The first-order valence-electron chi connectivity index (χ1n) is 6.67. The molecule has 0 saturated heterocycles. The number of aryl methyl sites for hydroxylation is 2. The van der Waals surface area contributed by atoms with Gasteiger partial charge in [0.1, 0.15) is 17.4 Å². The number of hydrogen-bond acceptors (Lipinski definition) is 5. The van der Waals surface area contributed by atoms with Gasteiger partial charge in [0.25, 0.3) is 5.69 Å². The van der Waals surface area contributed by atoms with E-state index in [2.05, 4.69) is 0 Å². The van der Waals surface area contributed by atoms with Gasteiger partial charge in [-0.05, 0) is 38.3 Å². The number of hydrogen-bond donors (Lipinski definition) is 2. The molecule has 2 atom stereocenters. The molecule has 1 saturated carbocycles. The van der Waals surface area contributed by atoms with Crippen LogP contribution in [0.4, 0.5) is 5.69 Å². The molecule has 0 heterocycles. The van der Waals surface area contributed by atoms with E-state index in [-0.39, 0.29) is 18.2 Å². The Bertz CT molecular complexity index is 601. The van der Waals surface area contributed by atoms with Gasteiger partial charge in [0, 0.05) is 18.1 Å². The van der Waals surface area contributed by atoms with Crippen LogP contribution in [0.15, 0.2) is 12.1 Å². The van der Waals surface area contributed by atoms with Crippen molar-refractivity contribution in [1.82, 2.24) is 0 Å². The second kappa shape index (κ2) is 5.33. The largest absolute Gasteiger partial charge is 0.490 e. The van der Waals surface area contributed by atoms with Crippen molar-refractivity contribution in [1.29, 1.82) is 0 Å². The number of nitro benzene ring substituents is 1. The smallest absolute Gasteiger partial charge is 0.323 e. The predicted molar refractivity (Wildman–Crippen MR) is 75.4 cm³/mol. The lowest BCUT2D eigenvalue weighted by atomic mass is 10.00. The van der Waals surface area contributed by atoms with Crippen LogP contribution in [0.1, 0.15) is 30.4 Å². The fourth-order valence-corrected chi connectivity index (χ4v) is 2.60. The van der Waals surface area contributed by atoms with E-state index in [1.165, 1.54) is 6.07 Å². The highest BCUT2D eigenvalue weighted by Gasteiger charge is 2.43. The van der Waals surface area contributed by atoms with Crippen LogP contribution in [0.3, 0.4) is 0 Å². The highest BCUT2D eigenvalue weighted by atomic mass is 16.6. The van der Waals surface area contributed by atoms with Crippen molar-refractivity contribution in [3.05, 3.63) is 33.4 Å². The lowest BCUT2D eigenvalue weighted by Crippen LogP contribution is -2.46. The van der Waals surface area contributed by atoms with Crippen molar-refractivity contribution in [3.63, 3.8) is 0 Å². The Morgan fingerprint density at radius 3 is 2.67 bits per heavy atom. The maximum absolute atomic E-state index is 11.1. The normalized spacial score (nSPS) is 24.8. The van der Waals surface area contributed by atoms with Crippen LogP contribution >= 0.6 is 0 Å². The lowest BCUT2D eigenvalue weighted by molar-refractivity contribution is -0.385. The molecule has 7 heteroatoms. The van der Waals surface area contributed by atoms with E-state index < -0.39 is 16.4 Å². The third-order valence-electron chi connectivity index (χ3n) is 3.91. The number of ether oxygens (including phenoxy) is 1. The van der Waals surface area contributed by atoms with Crippen molar-refractivity contribution in [2.75, 3.05) is 0 Å². The third-order valence-corrected chi connectivity index (χ3v) is 3.91. The van der Waals surface area contributed by atoms with Gasteiger partial charge in [0.05, 0.1) is 4.92 Å². The number of carboxylic acid groups (broad SMARTS) is 1. The number of benzene rings is 1. The first-order valence-corrected chi connectivity index (χ1v) is 6.67. The minimum Gasteiger partial charge on any atom is -0.490 e. The summed E-state index contributed by atoms with van der Waals surface area (Å²) in [5.74, 6) is -0.483.